The van der Waals surface area contributed by atoms with Crippen molar-refractivity contribution < 1.29 is 21.4 Å². The van der Waals surface area contributed by atoms with Crippen molar-refractivity contribution in [2.45, 2.75) is 11.8 Å². The molecule has 7 nitrogen and oxygen atoms in total. The third-order valence-electron chi connectivity index (χ3n) is 5.18. The average Bonchev–Trinajstić information content (AvgIpc) is 3.17. The molecule has 0 radical (unpaired) electrons. The maximum absolute atomic E-state index is 14.8. The number of hydrogen-bond acceptors (Lipinski definition) is 6. The van der Waals surface area contributed by atoms with Crippen molar-refractivity contribution in [1.29, 1.82) is 0 Å². The highest BCUT2D eigenvalue weighted by Crippen LogP contribution is 2.38. The Hall–Kier alpha value is -4.18. The highest BCUT2D eigenvalue weighted by Gasteiger charge is 2.27. The van der Waals surface area contributed by atoms with Crippen LogP contribution >= 0.6 is 0 Å². The van der Waals surface area contributed by atoms with E-state index < -0.39 is 27.6 Å². The quantitative estimate of drug-likeness (QED) is 0.337. The minimum atomic E-state index is -4.32. The van der Waals surface area contributed by atoms with Gasteiger partial charge in [0.25, 0.3) is 5.88 Å². The zero-order chi connectivity index (χ0) is 23.9. The third-order valence-corrected chi connectivity index (χ3v) is 6.41. The second-order valence-electron chi connectivity index (χ2n) is 7.46. The summed E-state index contributed by atoms with van der Waals surface area (Å²) in [6.45, 7) is 1.82. The molecule has 0 saturated carbocycles. The van der Waals surface area contributed by atoms with Crippen LogP contribution in [0, 0.1) is 18.6 Å². The van der Waals surface area contributed by atoms with Gasteiger partial charge in [0, 0.05) is 5.56 Å². The monoisotopic (exact) mass is 478 g/mol. The van der Waals surface area contributed by atoms with Gasteiger partial charge in [0.15, 0.2) is 5.82 Å². The van der Waals surface area contributed by atoms with E-state index in [2.05, 4.69) is 15.3 Å². The Morgan fingerprint density at radius 3 is 2.12 bits per heavy atom. The lowest BCUT2D eigenvalue weighted by Crippen LogP contribution is -2.11. The highest BCUT2D eigenvalue weighted by molar-refractivity contribution is 7.87. The third kappa shape index (κ3) is 3.77. The van der Waals surface area contributed by atoms with Crippen LogP contribution in [0.4, 0.5) is 8.78 Å². The Morgan fingerprint density at radius 2 is 1.47 bits per heavy atom. The number of aryl methyl sites for hydroxylation is 1. The van der Waals surface area contributed by atoms with E-state index in [4.69, 9.17) is 4.18 Å². The van der Waals surface area contributed by atoms with E-state index in [1.54, 1.807) is 24.3 Å². The molecular weight excluding hydrogens is 462 g/mol. The fourth-order valence-corrected chi connectivity index (χ4v) is 4.40. The predicted molar refractivity (Wildman–Crippen MR) is 121 cm³/mol. The van der Waals surface area contributed by atoms with Gasteiger partial charge < -0.3 is 4.18 Å². The predicted octanol–water partition coefficient (Wildman–Crippen LogP) is 4.81. The van der Waals surface area contributed by atoms with Crippen molar-refractivity contribution in [3.63, 3.8) is 0 Å². The molecule has 2 aromatic heterocycles. The maximum Gasteiger partial charge on any atom is 0.340 e. The summed E-state index contributed by atoms with van der Waals surface area (Å²) < 4.78 is 61.9. The maximum atomic E-state index is 14.8. The molecule has 10 heteroatoms. The molecule has 0 bridgehead atoms. The number of fused-ring (bicyclic) bond motifs is 1. The van der Waals surface area contributed by atoms with E-state index in [9.17, 15) is 17.2 Å². The lowest BCUT2D eigenvalue weighted by molar-refractivity contribution is 0.474. The van der Waals surface area contributed by atoms with Crippen molar-refractivity contribution in [3.05, 3.63) is 96.2 Å². The van der Waals surface area contributed by atoms with Gasteiger partial charge in [-0.15, -0.1) is 10.2 Å². The number of rotatable bonds is 5. The fourth-order valence-electron chi connectivity index (χ4n) is 3.51. The molecule has 0 spiro atoms. The summed E-state index contributed by atoms with van der Waals surface area (Å²) in [7, 11) is -4.32. The van der Waals surface area contributed by atoms with Crippen molar-refractivity contribution in [2.24, 2.45) is 0 Å². The normalized spacial score (nSPS) is 11.6. The molecule has 0 unspecified atom stereocenters. The average molecular weight is 478 g/mol. The van der Waals surface area contributed by atoms with Crippen LogP contribution in [0.5, 0.6) is 5.88 Å². The van der Waals surface area contributed by atoms with E-state index in [0.717, 1.165) is 5.56 Å². The van der Waals surface area contributed by atoms with Crippen molar-refractivity contribution >= 4 is 15.6 Å². The zero-order valence-electron chi connectivity index (χ0n) is 17.7. The first kappa shape index (κ1) is 21.7. The topological polar surface area (TPSA) is 86.5 Å². The van der Waals surface area contributed by atoms with E-state index in [0.29, 0.717) is 0 Å². The van der Waals surface area contributed by atoms with Gasteiger partial charge >= 0.3 is 10.1 Å². The van der Waals surface area contributed by atoms with Crippen molar-refractivity contribution in [2.75, 3.05) is 0 Å². The second kappa shape index (κ2) is 8.31. The molecule has 5 rings (SSSR count). The van der Waals surface area contributed by atoms with Crippen LogP contribution in [0.25, 0.3) is 28.0 Å². The molecule has 0 fully saturated rings. The molecule has 0 amide bonds. The van der Waals surface area contributed by atoms with Crippen LogP contribution in [-0.2, 0) is 10.1 Å². The Labute approximate surface area is 193 Å². The first-order valence-corrected chi connectivity index (χ1v) is 11.5. The molecule has 170 valence electrons. The van der Waals surface area contributed by atoms with Crippen molar-refractivity contribution in [3.8, 4) is 28.4 Å². The molecular formula is C24H16F2N4O3S. The standard InChI is InChI=1S/C24H16F2N4O3S/c1-15-10-12-16(13-11-15)34(31,32)33-24-22(17-6-2-4-8-19(17)25)21-14-27-28-23(30(21)29-24)18-7-3-5-9-20(18)26/h2-14H,1H3. The molecule has 0 saturated heterocycles. The minimum Gasteiger partial charge on any atom is -0.356 e. The summed E-state index contributed by atoms with van der Waals surface area (Å²) in [5.74, 6) is -1.60. The summed E-state index contributed by atoms with van der Waals surface area (Å²) in [6, 6.07) is 17.7. The smallest absolute Gasteiger partial charge is 0.340 e. The molecule has 0 aliphatic rings. The first-order valence-electron chi connectivity index (χ1n) is 10.1. The van der Waals surface area contributed by atoms with Gasteiger partial charge in [-0.25, -0.2) is 13.3 Å². The van der Waals surface area contributed by atoms with Gasteiger partial charge in [-0.05, 0) is 37.3 Å². The Balaban J connectivity index is 1.76. The lowest BCUT2D eigenvalue weighted by Gasteiger charge is -2.08. The Morgan fingerprint density at radius 1 is 0.853 bits per heavy atom. The fraction of sp³-hybridized carbons (Fsp3) is 0.0417. The minimum absolute atomic E-state index is 0.00391. The number of nitrogens with zero attached hydrogens (tertiary/aromatic N) is 4. The van der Waals surface area contributed by atoms with Crippen LogP contribution in [0.2, 0.25) is 0 Å². The molecule has 5 aromatic rings. The first-order chi connectivity index (χ1) is 16.3. The second-order valence-corrected chi connectivity index (χ2v) is 9.00. The van der Waals surface area contributed by atoms with E-state index in [1.165, 1.54) is 59.2 Å². The Bertz CT molecular complexity index is 1630. The number of hydrogen-bond donors (Lipinski definition) is 0. The van der Waals surface area contributed by atoms with Crippen LogP contribution in [0.15, 0.2) is 83.9 Å². The zero-order valence-corrected chi connectivity index (χ0v) is 18.5. The number of halogens is 2. The van der Waals surface area contributed by atoms with Gasteiger partial charge in [-0.3, -0.25) is 0 Å². The van der Waals surface area contributed by atoms with Crippen molar-refractivity contribution in [1.82, 2.24) is 19.8 Å². The summed E-state index contributed by atoms with van der Waals surface area (Å²) in [6.07, 6.45) is 1.28. The van der Waals surface area contributed by atoms with Crippen LogP contribution in [-0.4, -0.2) is 28.2 Å². The molecule has 0 N–H and O–H groups in total. The van der Waals surface area contributed by atoms with E-state index in [-0.39, 0.29) is 32.9 Å². The van der Waals surface area contributed by atoms with Gasteiger partial charge in [0.1, 0.15) is 22.0 Å². The van der Waals surface area contributed by atoms with Gasteiger partial charge in [-0.2, -0.15) is 13.5 Å². The molecule has 3 aromatic carbocycles. The summed E-state index contributed by atoms with van der Waals surface area (Å²) in [5, 5.41) is 12.2. The van der Waals surface area contributed by atoms with E-state index >= 15 is 0 Å². The highest BCUT2D eigenvalue weighted by atomic mass is 32.2. The van der Waals surface area contributed by atoms with Crippen LogP contribution < -0.4 is 4.18 Å². The largest absolute Gasteiger partial charge is 0.356 e. The Kier molecular flexibility index (Phi) is 5.29. The summed E-state index contributed by atoms with van der Waals surface area (Å²) in [4.78, 5) is -0.0970. The van der Waals surface area contributed by atoms with Gasteiger partial charge in [0.05, 0.1) is 17.3 Å². The van der Waals surface area contributed by atoms with Crippen LogP contribution in [0.3, 0.4) is 0 Å². The van der Waals surface area contributed by atoms with Gasteiger partial charge in [0.2, 0.25) is 0 Å². The summed E-state index contributed by atoms with van der Waals surface area (Å²) in [5.41, 5.74) is 1.22. The molecule has 0 aliphatic heterocycles. The van der Waals surface area contributed by atoms with Crippen LogP contribution in [0.1, 0.15) is 5.56 Å². The summed E-state index contributed by atoms with van der Waals surface area (Å²) >= 11 is 0. The molecule has 2 heterocycles. The SMILES string of the molecule is Cc1ccc(S(=O)(=O)Oc2nn3c(-c4ccccc4F)nncc3c2-c2ccccc2F)cc1. The molecule has 34 heavy (non-hydrogen) atoms. The molecule has 0 aliphatic carbocycles. The molecule has 0 atom stereocenters. The number of benzene rings is 3. The van der Waals surface area contributed by atoms with Gasteiger partial charge in [-0.1, -0.05) is 48.0 Å². The lowest BCUT2D eigenvalue weighted by atomic mass is 10.1. The number of aromatic nitrogens is 4. The van der Waals surface area contributed by atoms with E-state index in [1.807, 2.05) is 6.92 Å².